The number of rotatable bonds is 8. The minimum atomic E-state index is -5.03. The molecule has 4 nitrogen and oxygen atoms in total. The third-order valence-electron chi connectivity index (χ3n) is 6.21. The van der Waals surface area contributed by atoms with E-state index in [0.717, 1.165) is 18.2 Å². The molecule has 1 N–H and O–H groups in total. The van der Waals surface area contributed by atoms with Crippen LogP contribution in [0.4, 0.5) is 37.8 Å². The second-order valence-electron chi connectivity index (χ2n) is 9.32. The number of halogens is 7. The van der Waals surface area contributed by atoms with E-state index in [1.54, 1.807) is 0 Å². The summed E-state index contributed by atoms with van der Waals surface area (Å²) in [5.41, 5.74) is -3.10. The summed E-state index contributed by atoms with van der Waals surface area (Å²) in [6, 6.07) is 3.17. The maximum absolute atomic E-state index is 13.6. The van der Waals surface area contributed by atoms with Crippen LogP contribution in [0, 0.1) is 6.92 Å². The molecular weight excluding hydrogens is 512 g/mol. The SMILES string of the molecule is CC[Si](CC)(OCCc1c(Cl)nc(C)nc1Nc1ccc(C(F)(F)F)cc1C(F)(F)F)C(C)(C)C. The number of anilines is 2. The van der Waals surface area contributed by atoms with Crippen molar-refractivity contribution in [1.82, 2.24) is 9.97 Å². The van der Waals surface area contributed by atoms with Gasteiger partial charge in [0, 0.05) is 18.6 Å². The largest absolute Gasteiger partial charge is 0.418 e. The van der Waals surface area contributed by atoms with Gasteiger partial charge in [0.1, 0.15) is 16.8 Å². The molecule has 196 valence electrons. The van der Waals surface area contributed by atoms with Crippen LogP contribution in [0.2, 0.25) is 22.3 Å². The van der Waals surface area contributed by atoms with Crippen molar-refractivity contribution in [3.8, 4) is 0 Å². The Hall–Kier alpha value is -1.85. The first-order valence-corrected chi connectivity index (χ1v) is 13.9. The topological polar surface area (TPSA) is 47.0 Å². The first kappa shape index (κ1) is 29.4. The molecule has 0 spiro atoms. The van der Waals surface area contributed by atoms with Gasteiger partial charge >= 0.3 is 12.4 Å². The molecule has 0 radical (unpaired) electrons. The van der Waals surface area contributed by atoms with Gasteiger partial charge < -0.3 is 9.74 Å². The first-order valence-electron chi connectivity index (χ1n) is 11.2. The third kappa shape index (κ3) is 6.88. The van der Waals surface area contributed by atoms with E-state index >= 15 is 0 Å². The zero-order chi connectivity index (χ0) is 26.8. The monoisotopic (exact) mass is 541 g/mol. The highest BCUT2D eigenvalue weighted by Gasteiger charge is 2.43. The summed E-state index contributed by atoms with van der Waals surface area (Å²) < 4.78 is 86.3. The van der Waals surface area contributed by atoms with Gasteiger partial charge in [-0.3, -0.25) is 0 Å². The molecule has 0 fully saturated rings. The molecule has 1 heterocycles. The fourth-order valence-electron chi connectivity index (χ4n) is 4.16. The summed E-state index contributed by atoms with van der Waals surface area (Å²) in [6.07, 6.45) is -9.73. The number of aromatic nitrogens is 2. The molecule has 0 aliphatic heterocycles. The zero-order valence-corrected chi connectivity index (χ0v) is 22.3. The molecule has 1 aromatic heterocycles. The molecule has 0 aliphatic carbocycles. The zero-order valence-electron chi connectivity index (χ0n) is 20.5. The van der Waals surface area contributed by atoms with Crippen molar-refractivity contribution in [3.05, 3.63) is 45.9 Å². The molecule has 0 unspecified atom stereocenters. The summed E-state index contributed by atoms with van der Waals surface area (Å²) in [5, 5.41) is 2.55. The smallest absolute Gasteiger partial charge is 0.416 e. The van der Waals surface area contributed by atoms with E-state index in [1.165, 1.54) is 6.92 Å². The van der Waals surface area contributed by atoms with E-state index in [4.69, 9.17) is 16.0 Å². The highest BCUT2D eigenvalue weighted by Crippen LogP contribution is 2.43. The molecular formula is C23H30ClF6N3OSi. The lowest BCUT2D eigenvalue weighted by atomic mass is 10.1. The summed E-state index contributed by atoms with van der Waals surface area (Å²) >= 11 is 6.32. The molecule has 2 aromatic rings. The average Bonchev–Trinajstić information content (AvgIpc) is 2.70. The van der Waals surface area contributed by atoms with Crippen molar-refractivity contribution >= 4 is 31.4 Å². The Morgan fingerprint density at radius 3 is 2.06 bits per heavy atom. The summed E-state index contributed by atoms with van der Waals surface area (Å²) in [7, 11) is -2.14. The second-order valence-corrected chi connectivity index (χ2v) is 14.9. The maximum atomic E-state index is 13.6. The Balaban J connectivity index is 2.44. The third-order valence-corrected chi connectivity index (χ3v) is 12.3. The number of nitrogens with zero attached hydrogens (tertiary/aromatic N) is 2. The number of aryl methyl sites for hydroxylation is 1. The van der Waals surface area contributed by atoms with Gasteiger partial charge in [-0.25, -0.2) is 9.97 Å². The van der Waals surface area contributed by atoms with Gasteiger partial charge in [0.05, 0.1) is 16.8 Å². The second kappa shape index (κ2) is 10.6. The molecule has 0 bridgehead atoms. The van der Waals surface area contributed by atoms with E-state index in [1.807, 2.05) is 0 Å². The van der Waals surface area contributed by atoms with Gasteiger partial charge in [-0.15, -0.1) is 0 Å². The lowest BCUT2D eigenvalue weighted by molar-refractivity contribution is -0.142. The van der Waals surface area contributed by atoms with Crippen molar-refractivity contribution in [2.45, 2.75) is 77.4 Å². The minimum Gasteiger partial charge on any atom is -0.416 e. The fraction of sp³-hybridized carbons (Fsp3) is 0.565. The predicted molar refractivity (Wildman–Crippen MR) is 128 cm³/mol. The minimum absolute atomic E-state index is 0.00705. The van der Waals surface area contributed by atoms with Crippen LogP contribution in [0.15, 0.2) is 18.2 Å². The number of hydrogen-bond donors (Lipinski definition) is 1. The number of benzene rings is 1. The standard InChI is InChI=1S/C23H30ClF6N3OSi/c1-7-35(8-2,21(4,5)6)34-12-11-16-19(24)31-14(3)32-20(16)33-18-10-9-15(22(25,26)27)13-17(18)23(28,29)30/h9-10,13H,7-8,11-12H2,1-6H3,(H,31,32,33). The van der Waals surface area contributed by atoms with Crippen molar-refractivity contribution in [2.75, 3.05) is 11.9 Å². The van der Waals surface area contributed by atoms with Crippen molar-refractivity contribution < 1.29 is 30.8 Å². The summed E-state index contributed by atoms with van der Waals surface area (Å²) in [6.45, 7) is 12.3. The lowest BCUT2D eigenvalue weighted by Crippen LogP contribution is -2.46. The van der Waals surface area contributed by atoms with Crippen LogP contribution < -0.4 is 5.32 Å². The van der Waals surface area contributed by atoms with Crippen LogP contribution in [0.3, 0.4) is 0 Å². The normalized spacial score (nSPS) is 13.3. The van der Waals surface area contributed by atoms with E-state index in [2.05, 4.69) is 49.9 Å². The van der Waals surface area contributed by atoms with Gasteiger partial charge in [-0.05, 0) is 42.2 Å². The summed E-state index contributed by atoms with van der Waals surface area (Å²) in [5.74, 6) is 0.190. The van der Waals surface area contributed by atoms with Crippen LogP contribution in [-0.2, 0) is 23.2 Å². The van der Waals surface area contributed by atoms with Gasteiger partial charge in [0.15, 0.2) is 8.32 Å². The molecule has 0 saturated carbocycles. The van der Waals surface area contributed by atoms with E-state index in [0.29, 0.717) is 11.6 Å². The van der Waals surface area contributed by atoms with Crippen LogP contribution in [-0.4, -0.2) is 24.9 Å². The fourth-order valence-corrected chi connectivity index (χ4v) is 8.42. The number of alkyl halides is 6. The Kier molecular flexibility index (Phi) is 8.93. The molecule has 0 atom stereocenters. The molecule has 2 rings (SSSR count). The van der Waals surface area contributed by atoms with Crippen molar-refractivity contribution in [2.24, 2.45) is 0 Å². The lowest BCUT2D eigenvalue weighted by Gasteiger charge is -2.41. The molecule has 1 aromatic carbocycles. The van der Waals surface area contributed by atoms with Gasteiger partial charge in [-0.1, -0.05) is 46.2 Å². The quantitative estimate of drug-likeness (QED) is 0.206. The molecule has 35 heavy (non-hydrogen) atoms. The van der Waals surface area contributed by atoms with Crippen molar-refractivity contribution in [1.29, 1.82) is 0 Å². The highest BCUT2D eigenvalue weighted by atomic mass is 35.5. The van der Waals surface area contributed by atoms with E-state index in [9.17, 15) is 26.3 Å². The average molecular weight is 542 g/mol. The van der Waals surface area contributed by atoms with Crippen molar-refractivity contribution in [3.63, 3.8) is 0 Å². The molecule has 0 aliphatic rings. The Morgan fingerprint density at radius 1 is 0.971 bits per heavy atom. The molecule has 0 amide bonds. The number of nitrogens with one attached hydrogen (secondary N) is 1. The van der Waals surface area contributed by atoms with Crippen LogP contribution in [0.5, 0.6) is 0 Å². The predicted octanol–water partition coefficient (Wildman–Crippen LogP) is 8.56. The van der Waals surface area contributed by atoms with E-state index < -0.39 is 37.5 Å². The van der Waals surface area contributed by atoms with Crippen LogP contribution in [0.25, 0.3) is 0 Å². The Bertz CT molecular complexity index is 1030. The highest BCUT2D eigenvalue weighted by molar-refractivity contribution is 6.76. The summed E-state index contributed by atoms with van der Waals surface area (Å²) in [4.78, 5) is 8.28. The Labute approximate surface area is 207 Å². The van der Waals surface area contributed by atoms with Gasteiger partial charge in [-0.2, -0.15) is 26.3 Å². The van der Waals surface area contributed by atoms with Gasteiger partial charge in [0.25, 0.3) is 0 Å². The molecule has 12 heteroatoms. The maximum Gasteiger partial charge on any atom is 0.418 e. The first-order chi connectivity index (χ1) is 15.9. The molecule has 0 saturated heterocycles. The number of hydrogen-bond acceptors (Lipinski definition) is 4. The van der Waals surface area contributed by atoms with Crippen LogP contribution in [0.1, 0.15) is 57.1 Å². The van der Waals surface area contributed by atoms with E-state index in [-0.39, 0.29) is 40.9 Å². The van der Waals surface area contributed by atoms with Gasteiger partial charge in [0.2, 0.25) is 0 Å². The Morgan fingerprint density at radius 2 is 1.57 bits per heavy atom. The van der Waals surface area contributed by atoms with Crippen LogP contribution >= 0.6 is 11.6 Å².